The number of ether oxygens (including phenoxy) is 2. The Morgan fingerprint density at radius 2 is 1.68 bits per heavy atom. The molecule has 0 fully saturated rings. The molecule has 1 N–H and O–H groups in total. The molecule has 0 atom stereocenters. The van der Waals surface area contributed by atoms with Crippen molar-refractivity contribution in [3.63, 3.8) is 0 Å². The standard InChI is InChI=1S/C29H42O5/c1-5-6-7-8-9-10-11-12-20-32-24-17-14-18-25-26(24)27(30)28(29(31)34-25)33-21-19-23(4)16-13-15-22(2)3/h14-15,17-19,30H,5-13,16,20-21H2,1-4H3/b23-19+. The molecule has 0 saturated heterocycles. The van der Waals surface area contributed by atoms with Crippen LogP contribution >= 0.6 is 0 Å². The van der Waals surface area contributed by atoms with Gasteiger partial charge in [0.2, 0.25) is 5.75 Å². The number of hydrogen-bond acceptors (Lipinski definition) is 5. The summed E-state index contributed by atoms with van der Waals surface area (Å²) in [6, 6.07) is 5.19. The Bertz CT molecular complexity index is 995. The molecule has 1 aromatic heterocycles. The number of aromatic hydroxyl groups is 1. The molecule has 2 aromatic rings. The van der Waals surface area contributed by atoms with E-state index in [1.165, 1.54) is 44.1 Å². The van der Waals surface area contributed by atoms with Crippen LogP contribution in [0.5, 0.6) is 17.2 Å². The first kappa shape index (κ1) is 27.6. The quantitative estimate of drug-likeness (QED) is 0.152. The van der Waals surface area contributed by atoms with Crippen LogP contribution < -0.4 is 15.1 Å². The summed E-state index contributed by atoms with van der Waals surface area (Å²) in [5.41, 5.74) is 2.05. The minimum absolute atomic E-state index is 0.177. The van der Waals surface area contributed by atoms with Crippen LogP contribution in [0.15, 0.2) is 50.7 Å². The van der Waals surface area contributed by atoms with Crippen molar-refractivity contribution in [3.8, 4) is 17.2 Å². The monoisotopic (exact) mass is 470 g/mol. The van der Waals surface area contributed by atoms with Crippen LogP contribution in [0, 0.1) is 0 Å². The van der Waals surface area contributed by atoms with Gasteiger partial charge in [-0.1, -0.05) is 75.2 Å². The van der Waals surface area contributed by atoms with Gasteiger partial charge in [-0.2, -0.15) is 0 Å². The third kappa shape index (κ3) is 9.28. The van der Waals surface area contributed by atoms with Gasteiger partial charge in [0.25, 0.3) is 0 Å². The van der Waals surface area contributed by atoms with Gasteiger partial charge in [0, 0.05) is 0 Å². The van der Waals surface area contributed by atoms with Crippen molar-refractivity contribution in [3.05, 3.63) is 51.9 Å². The van der Waals surface area contributed by atoms with Crippen LogP contribution in [-0.4, -0.2) is 18.3 Å². The highest BCUT2D eigenvalue weighted by molar-refractivity contribution is 5.91. The van der Waals surface area contributed by atoms with Crippen molar-refractivity contribution < 1.29 is 19.0 Å². The first-order valence-corrected chi connectivity index (χ1v) is 12.8. The van der Waals surface area contributed by atoms with Crippen LogP contribution in [0.2, 0.25) is 0 Å². The Labute approximate surface area is 204 Å². The SMILES string of the molecule is CCCCCCCCCCOc1cccc2oc(=O)c(OC/C=C(\C)CCC=C(C)C)c(O)c12. The smallest absolute Gasteiger partial charge is 0.383 e. The van der Waals surface area contributed by atoms with Crippen molar-refractivity contribution >= 4 is 11.0 Å². The zero-order valence-electron chi connectivity index (χ0n) is 21.5. The molecule has 0 amide bonds. The van der Waals surface area contributed by atoms with Gasteiger partial charge in [0.05, 0.1) is 6.61 Å². The molecule has 0 aliphatic carbocycles. The lowest BCUT2D eigenvalue weighted by Crippen LogP contribution is -2.08. The van der Waals surface area contributed by atoms with Crippen LogP contribution in [0.4, 0.5) is 0 Å². The fourth-order valence-electron chi connectivity index (χ4n) is 3.81. The number of benzene rings is 1. The molecule has 5 nitrogen and oxygen atoms in total. The summed E-state index contributed by atoms with van der Waals surface area (Å²) in [5.74, 6) is 0.0948. The number of hydrogen-bond donors (Lipinski definition) is 1. The summed E-state index contributed by atoms with van der Waals surface area (Å²) in [7, 11) is 0. The predicted molar refractivity (Wildman–Crippen MR) is 140 cm³/mol. The summed E-state index contributed by atoms with van der Waals surface area (Å²) >= 11 is 0. The zero-order valence-corrected chi connectivity index (χ0v) is 21.5. The third-order valence-corrected chi connectivity index (χ3v) is 5.83. The molecule has 0 saturated carbocycles. The van der Waals surface area contributed by atoms with E-state index in [0.29, 0.717) is 17.7 Å². The van der Waals surface area contributed by atoms with E-state index >= 15 is 0 Å². The van der Waals surface area contributed by atoms with Crippen LogP contribution in [0.1, 0.15) is 91.9 Å². The molecule has 0 bridgehead atoms. The first-order valence-electron chi connectivity index (χ1n) is 12.8. The Balaban J connectivity index is 1.97. The average molecular weight is 471 g/mol. The van der Waals surface area contributed by atoms with Crippen molar-refractivity contribution in [1.82, 2.24) is 0 Å². The van der Waals surface area contributed by atoms with E-state index in [0.717, 1.165) is 31.3 Å². The van der Waals surface area contributed by atoms with Crippen molar-refractivity contribution in [2.75, 3.05) is 13.2 Å². The third-order valence-electron chi connectivity index (χ3n) is 5.83. The maximum atomic E-state index is 12.4. The molecular weight excluding hydrogens is 428 g/mol. The largest absolute Gasteiger partial charge is 0.503 e. The molecular formula is C29H42O5. The van der Waals surface area contributed by atoms with E-state index in [4.69, 9.17) is 13.9 Å². The second-order valence-corrected chi connectivity index (χ2v) is 9.20. The molecule has 5 heteroatoms. The van der Waals surface area contributed by atoms with E-state index in [9.17, 15) is 9.90 Å². The van der Waals surface area contributed by atoms with Crippen LogP contribution in [0.25, 0.3) is 11.0 Å². The maximum Gasteiger partial charge on any atom is 0.383 e. The van der Waals surface area contributed by atoms with Gasteiger partial charge in [-0.15, -0.1) is 0 Å². The summed E-state index contributed by atoms with van der Waals surface area (Å²) in [6.07, 6.45) is 15.8. The molecule has 2 rings (SSSR count). The van der Waals surface area contributed by atoms with E-state index in [1.807, 2.05) is 13.0 Å². The van der Waals surface area contributed by atoms with Gasteiger partial charge in [-0.3, -0.25) is 0 Å². The highest BCUT2D eigenvalue weighted by atomic mass is 16.5. The lowest BCUT2D eigenvalue weighted by molar-refractivity contribution is 0.301. The maximum absolute atomic E-state index is 12.4. The van der Waals surface area contributed by atoms with Gasteiger partial charge in [-0.25, -0.2) is 4.79 Å². The second-order valence-electron chi connectivity index (χ2n) is 9.20. The summed E-state index contributed by atoms with van der Waals surface area (Å²) in [5, 5.41) is 11.2. The van der Waals surface area contributed by atoms with E-state index < -0.39 is 5.63 Å². The van der Waals surface area contributed by atoms with E-state index in [2.05, 4.69) is 26.8 Å². The highest BCUT2D eigenvalue weighted by Gasteiger charge is 2.18. The van der Waals surface area contributed by atoms with Crippen molar-refractivity contribution in [1.29, 1.82) is 0 Å². The summed E-state index contributed by atoms with van der Waals surface area (Å²) in [6.45, 7) is 9.16. The Morgan fingerprint density at radius 1 is 0.971 bits per heavy atom. The molecule has 34 heavy (non-hydrogen) atoms. The Kier molecular flexibility index (Phi) is 12.4. The molecule has 0 radical (unpaired) electrons. The predicted octanol–water partition coefficient (Wildman–Crippen LogP) is 8.09. The lowest BCUT2D eigenvalue weighted by Gasteiger charge is -2.12. The molecule has 0 aliphatic rings. The van der Waals surface area contributed by atoms with Crippen LogP contribution in [-0.2, 0) is 0 Å². The Hall–Kier alpha value is -2.69. The average Bonchev–Trinajstić information content (AvgIpc) is 2.79. The van der Waals surface area contributed by atoms with Gasteiger partial charge in [0.15, 0.2) is 5.75 Å². The summed E-state index contributed by atoms with van der Waals surface area (Å²) < 4.78 is 17.0. The van der Waals surface area contributed by atoms with E-state index in [-0.39, 0.29) is 23.7 Å². The van der Waals surface area contributed by atoms with Crippen LogP contribution in [0.3, 0.4) is 0 Å². The van der Waals surface area contributed by atoms with Gasteiger partial charge in [0.1, 0.15) is 23.3 Å². The van der Waals surface area contributed by atoms with Gasteiger partial charge >= 0.3 is 5.63 Å². The van der Waals surface area contributed by atoms with E-state index in [1.54, 1.807) is 18.2 Å². The van der Waals surface area contributed by atoms with Crippen molar-refractivity contribution in [2.24, 2.45) is 0 Å². The molecule has 0 unspecified atom stereocenters. The van der Waals surface area contributed by atoms with Gasteiger partial charge < -0.3 is 19.0 Å². The zero-order chi connectivity index (χ0) is 24.8. The molecule has 188 valence electrons. The minimum Gasteiger partial charge on any atom is -0.503 e. The topological polar surface area (TPSA) is 68.9 Å². The summed E-state index contributed by atoms with van der Waals surface area (Å²) in [4.78, 5) is 12.4. The normalized spacial score (nSPS) is 11.6. The first-order chi connectivity index (χ1) is 16.4. The Morgan fingerprint density at radius 3 is 2.38 bits per heavy atom. The fourth-order valence-corrected chi connectivity index (χ4v) is 3.81. The van der Waals surface area contributed by atoms with Gasteiger partial charge in [-0.05, 0) is 58.2 Å². The number of allylic oxidation sites excluding steroid dienone is 3. The minimum atomic E-state index is -0.694. The molecule has 1 heterocycles. The number of fused-ring (bicyclic) bond motifs is 1. The highest BCUT2D eigenvalue weighted by Crippen LogP contribution is 2.37. The van der Waals surface area contributed by atoms with Crippen molar-refractivity contribution in [2.45, 2.75) is 91.9 Å². The fraction of sp³-hybridized carbons (Fsp3) is 0.552. The lowest BCUT2D eigenvalue weighted by atomic mass is 10.1. The number of unbranched alkanes of at least 4 members (excludes halogenated alkanes) is 7. The second kappa shape index (κ2) is 15.3. The molecule has 1 aromatic carbocycles. The molecule has 0 aliphatic heterocycles. The number of rotatable bonds is 16. The molecule has 0 spiro atoms.